The van der Waals surface area contributed by atoms with Gasteiger partial charge in [-0.25, -0.2) is 4.39 Å². The standard InChI is InChI=1S/C21H28FNO3/c1-25-13-7-12-23(14-19-10-5-6-11-21(19)22)15-20(24)17-26-16-18-8-3-2-4-9-18/h2-6,8-11,20,24H,7,12-17H2,1H3/t20-/m0/s1. The number of aliphatic hydroxyl groups excluding tert-OH is 1. The van der Waals surface area contributed by atoms with Crippen molar-refractivity contribution >= 4 is 0 Å². The molecule has 0 aliphatic carbocycles. The predicted octanol–water partition coefficient (Wildman–Crippen LogP) is 3.24. The highest BCUT2D eigenvalue weighted by Gasteiger charge is 2.14. The van der Waals surface area contributed by atoms with Gasteiger partial charge in [-0.15, -0.1) is 0 Å². The van der Waals surface area contributed by atoms with Crippen molar-refractivity contribution in [1.29, 1.82) is 0 Å². The van der Waals surface area contributed by atoms with Crippen LogP contribution in [0.3, 0.4) is 0 Å². The molecule has 0 radical (unpaired) electrons. The molecular weight excluding hydrogens is 333 g/mol. The summed E-state index contributed by atoms with van der Waals surface area (Å²) in [7, 11) is 1.66. The monoisotopic (exact) mass is 361 g/mol. The zero-order valence-electron chi connectivity index (χ0n) is 15.3. The minimum absolute atomic E-state index is 0.223. The van der Waals surface area contributed by atoms with Crippen molar-refractivity contribution < 1.29 is 19.0 Å². The highest BCUT2D eigenvalue weighted by atomic mass is 19.1. The highest BCUT2D eigenvalue weighted by Crippen LogP contribution is 2.11. The molecule has 26 heavy (non-hydrogen) atoms. The average molecular weight is 361 g/mol. The largest absolute Gasteiger partial charge is 0.389 e. The van der Waals surface area contributed by atoms with Gasteiger partial charge in [-0.1, -0.05) is 48.5 Å². The molecule has 0 amide bonds. The van der Waals surface area contributed by atoms with Gasteiger partial charge < -0.3 is 14.6 Å². The Morgan fingerprint density at radius 1 is 1.08 bits per heavy atom. The number of halogens is 1. The molecule has 0 saturated heterocycles. The van der Waals surface area contributed by atoms with Crippen molar-refractivity contribution in [3.63, 3.8) is 0 Å². The number of ether oxygens (including phenoxy) is 2. The summed E-state index contributed by atoms with van der Waals surface area (Å²) in [5.41, 5.74) is 1.70. The molecule has 0 bridgehead atoms. The van der Waals surface area contributed by atoms with E-state index in [2.05, 4.69) is 0 Å². The Balaban J connectivity index is 1.83. The number of nitrogens with zero attached hydrogens (tertiary/aromatic N) is 1. The Bertz CT molecular complexity index is 624. The zero-order valence-corrected chi connectivity index (χ0v) is 15.3. The molecule has 0 unspecified atom stereocenters. The first kappa shape index (κ1) is 20.5. The van der Waals surface area contributed by atoms with E-state index >= 15 is 0 Å². The third kappa shape index (κ3) is 7.62. The summed E-state index contributed by atoms with van der Waals surface area (Å²) < 4.78 is 24.6. The molecule has 1 atom stereocenters. The Hall–Kier alpha value is -1.79. The third-order valence-corrected chi connectivity index (χ3v) is 4.07. The minimum atomic E-state index is -0.631. The van der Waals surface area contributed by atoms with Crippen molar-refractivity contribution in [3.05, 3.63) is 71.5 Å². The lowest BCUT2D eigenvalue weighted by Gasteiger charge is -2.25. The number of rotatable bonds is 12. The lowest BCUT2D eigenvalue weighted by atomic mass is 10.2. The molecule has 0 fully saturated rings. The average Bonchev–Trinajstić information content (AvgIpc) is 2.64. The van der Waals surface area contributed by atoms with Gasteiger partial charge in [0.15, 0.2) is 0 Å². The second-order valence-electron chi connectivity index (χ2n) is 6.33. The molecule has 1 N–H and O–H groups in total. The van der Waals surface area contributed by atoms with Crippen LogP contribution in [0.25, 0.3) is 0 Å². The van der Waals surface area contributed by atoms with Crippen molar-refractivity contribution in [1.82, 2.24) is 4.90 Å². The van der Waals surface area contributed by atoms with Crippen molar-refractivity contribution in [2.24, 2.45) is 0 Å². The highest BCUT2D eigenvalue weighted by molar-refractivity contribution is 5.17. The van der Waals surface area contributed by atoms with Crippen LogP contribution in [0.1, 0.15) is 17.5 Å². The van der Waals surface area contributed by atoms with Gasteiger partial charge in [0.2, 0.25) is 0 Å². The number of methoxy groups -OCH3 is 1. The first-order valence-corrected chi connectivity index (χ1v) is 8.93. The van der Waals surface area contributed by atoms with Crippen molar-refractivity contribution in [2.75, 3.05) is 33.4 Å². The van der Waals surface area contributed by atoms with E-state index in [1.807, 2.05) is 41.3 Å². The van der Waals surface area contributed by atoms with E-state index in [1.165, 1.54) is 6.07 Å². The van der Waals surface area contributed by atoms with Gasteiger partial charge in [0.1, 0.15) is 5.82 Å². The molecular formula is C21H28FNO3. The van der Waals surface area contributed by atoms with Gasteiger partial charge in [0, 0.05) is 38.9 Å². The first-order valence-electron chi connectivity index (χ1n) is 8.93. The maximum absolute atomic E-state index is 13.9. The van der Waals surface area contributed by atoms with Crippen LogP contribution >= 0.6 is 0 Å². The third-order valence-electron chi connectivity index (χ3n) is 4.07. The van der Waals surface area contributed by atoms with Crippen LogP contribution in [-0.4, -0.2) is 49.5 Å². The van der Waals surface area contributed by atoms with Crippen LogP contribution in [-0.2, 0) is 22.6 Å². The van der Waals surface area contributed by atoms with Crippen LogP contribution in [0.5, 0.6) is 0 Å². The van der Waals surface area contributed by atoms with E-state index in [4.69, 9.17) is 9.47 Å². The first-order chi connectivity index (χ1) is 12.7. The molecule has 5 heteroatoms. The molecule has 0 heterocycles. The molecule has 2 rings (SSSR count). The van der Waals surface area contributed by atoms with Crippen LogP contribution in [0.4, 0.5) is 4.39 Å². The van der Waals surface area contributed by atoms with Gasteiger partial charge in [-0.2, -0.15) is 0 Å². The minimum Gasteiger partial charge on any atom is -0.389 e. The van der Waals surface area contributed by atoms with Gasteiger partial charge in [-0.3, -0.25) is 4.90 Å². The lowest BCUT2D eigenvalue weighted by molar-refractivity contribution is 0.00723. The summed E-state index contributed by atoms with van der Waals surface area (Å²) in [6.07, 6.45) is 0.191. The summed E-state index contributed by atoms with van der Waals surface area (Å²) in [6.45, 7) is 2.94. The second-order valence-corrected chi connectivity index (χ2v) is 6.33. The Kier molecular flexibility index (Phi) is 9.28. The van der Waals surface area contributed by atoms with Crippen molar-refractivity contribution in [2.45, 2.75) is 25.7 Å². The summed E-state index contributed by atoms with van der Waals surface area (Å²) in [5.74, 6) is -0.223. The van der Waals surface area contributed by atoms with E-state index in [-0.39, 0.29) is 12.4 Å². The Morgan fingerprint density at radius 2 is 1.81 bits per heavy atom. The fourth-order valence-corrected chi connectivity index (χ4v) is 2.77. The van der Waals surface area contributed by atoms with E-state index in [1.54, 1.807) is 19.2 Å². The summed E-state index contributed by atoms with van der Waals surface area (Å²) in [5, 5.41) is 10.3. The van der Waals surface area contributed by atoms with Crippen molar-refractivity contribution in [3.8, 4) is 0 Å². The fourth-order valence-electron chi connectivity index (χ4n) is 2.77. The Labute approximate surface area is 155 Å². The fraction of sp³-hybridized carbons (Fsp3) is 0.429. The number of benzene rings is 2. The van der Waals surface area contributed by atoms with Gasteiger partial charge >= 0.3 is 0 Å². The molecule has 2 aromatic rings. The number of aliphatic hydroxyl groups is 1. The summed E-state index contributed by atoms with van der Waals surface area (Å²) in [6, 6.07) is 16.6. The maximum atomic E-state index is 13.9. The zero-order chi connectivity index (χ0) is 18.6. The van der Waals surface area contributed by atoms with Crippen LogP contribution in [0.15, 0.2) is 54.6 Å². The summed E-state index contributed by atoms with van der Waals surface area (Å²) in [4.78, 5) is 2.04. The van der Waals surface area contributed by atoms with Gasteiger partial charge in [-0.05, 0) is 18.1 Å². The molecule has 4 nitrogen and oxygen atoms in total. The molecule has 2 aromatic carbocycles. The molecule has 0 spiro atoms. The van der Waals surface area contributed by atoms with E-state index in [0.29, 0.717) is 31.9 Å². The number of hydrogen-bond donors (Lipinski definition) is 1. The maximum Gasteiger partial charge on any atom is 0.127 e. The molecule has 0 saturated carbocycles. The SMILES string of the molecule is COCCCN(Cc1ccccc1F)C[C@H](O)COCc1ccccc1. The molecule has 0 aliphatic heterocycles. The van der Waals surface area contributed by atoms with E-state index in [9.17, 15) is 9.50 Å². The predicted molar refractivity (Wildman–Crippen MR) is 100 cm³/mol. The summed E-state index contributed by atoms with van der Waals surface area (Å²) >= 11 is 0. The normalized spacial score (nSPS) is 12.5. The molecule has 0 aliphatic rings. The van der Waals surface area contributed by atoms with Gasteiger partial charge in [0.25, 0.3) is 0 Å². The molecule has 142 valence electrons. The Morgan fingerprint density at radius 3 is 2.54 bits per heavy atom. The van der Waals surface area contributed by atoms with Crippen LogP contribution in [0.2, 0.25) is 0 Å². The van der Waals surface area contributed by atoms with Crippen LogP contribution in [0, 0.1) is 5.82 Å². The van der Waals surface area contributed by atoms with Crippen LogP contribution < -0.4 is 0 Å². The quantitative estimate of drug-likeness (QED) is 0.590. The van der Waals surface area contributed by atoms with Gasteiger partial charge in [0.05, 0.1) is 19.3 Å². The number of hydrogen-bond acceptors (Lipinski definition) is 4. The van der Waals surface area contributed by atoms with E-state index in [0.717, 1.165) is 18.5 Å². The van der Waals surface area contributed by atoms with E-state index < -0.39 is 6.10 Å². The lowest BCUT2D eigenvalue weighted by Crippen LogP contribution is -2.35. The molecule has 0 aromatic heterocycles. The smallest absolute Gasteiger partial charge is 0.127 e. The topological polar surface area (TPSA) is 41.9 Å². The second kappa shape index (κ2) is 11.8.